The van der Waals surface area contributed by atoms with E-state index >= 15 is 0 Å². The number of carbonyl (C=O) groups is 2. The second-order valence-electron chi connectivity index (χ2n) is 6.05. The van der Waals surface area contributed by atoms with Gasteiger partial charge in [0.25, 0.3) is 0 Å². The number of esters is 1. The number of pyridine rings is 1. The molecule has 1 aromatic heterocycles. The maximum Gasteiger partial charge on any atom is 0.509 e. The van der Waals surface area contributed by atoms with Gasteiger partial charge in [-0.25, -0.2) is 14.6 Å². The van der Waals surface area contributed by atoms with Crippen LogP contribution in [0.3, 0.4) is 0 Å². The van der Waals surface area contributed by atoms with Crippen LogP contribution in [-0.4, -0.2) is 42.0 Å². The van der Waals surface area contributed by atoms with E-state index in [9.17, 15) is 9.59 Å². The lowest BCUT2D eigenvalue weighted by Gasteiger charge is -2.26. The van der Waals surface area contributed by atoms with Crippen molar-refractivity contribution in [2.75, 3.05) is 18.2 Å². The van der Waals surface area contributed by atoms with E-state index in [-0.39, 0.29) is 5.82 Å². The number of methoxy groups -OCH3 is 1. The smallest absolute Gasteiger partial charge is 0.466 e. The maximum atomic E-state index is 11.9. The first-order chi connectivity index (χ1) is 11.0. The maximum absolute atomic E-state index is 11.9. The van der Waals surface area contributed by atoms with E-state index in [0.29, 0.717) is 10.2 Å². The SMILES string of the molecule is COC(=O)[C@@H](OC(=O)OC(C)(C)C)[C@@H](C)Nc1cc(Br)cnc1N. The quantitative estimate of drug-likeness (QED) is 0.721. The molecule has 0 radical (unpaired) electrons. The second-order valence-corrected chi connectivity index (χ2v) is 6.96. The zero-order valence-electron chi connectivity index (χ0n) is 14.3. The van der Waals surface area contributed by atoms with E-state index in [1.165, 1.54) is 7.11 Å². The fourth-order valence-electron chi connectivity index (χ4n) is 1.73. The summed E-state index contributed by atoms with van der Waals surface area (Å²) in [6.07, 6.45) is -0.643. The first kappa shape index (κ1) is 20.0. The van der Waals surface area contributed by atoms with E-state index in [2.05, 4.69) is 31.0 Å². The molecule has 0 aliphatic heterocycles. The Bertz CT molecular complexity index is 603. The number of hydrogen-bond acceptors (Lipinski definition) is 8. The lowest BCUT2D eigenvalue weighted by molar-refractivity contribution is -0.153. The predicted molar refractivity (Wildman–Crippen MR) is 92.6 cm³/mol. The van der Waals surface area contributed by atoms with Crippen molar-refractivity contribution in [3.05, 3.63) is 16.7 Å². The number of hydrogen-bond donors (Lipinski definition) is 2. The summed E-state index contributed by atoms with van der Waals surface area (Å²) < 4.78 is 15.6. The molecule has 0 aromatic carbocycles. The third-order valence-corrected chi connectivity index (χ3v) is 3.20. The van der Waals surface area contributed by atoms with E-state index < -0.39 is 29.9 Å². The van der Waals surface area contributed by atoms with E-state index in [1.54, 1.807) is 40.0 Å². The Labute approximate surface area is 149 Å². The Morgan fingerprint density at radius 2 is 2.00 bits per heavy atom. The van der Waals surface area contributed by atoms with Gasteiger partial charge in [-0.15, -0.1) is 0 Å². The van der Waals surface area contributed by atoms with Gasteiger partial charge in [-0.1, -0.05) is 0 Å². The van der Waals surface area contributed by atoms with Gasteiger partial charge < -0.3 is 25.3 Å². The van der Waals surface area contributed by atoms with E-state index in [0.717, 1.165) is 0 Å². The summed E-state index contributed by atoms with van der Waals surface area (Å²) in [4.78, 5) is 27.8. The fourth-order valence-corrected chi connectivity index (χ4v) is 2.07. The van der Waals surface area contributed by atoms with Crippen molar-refractivity contribution in [3.8, 4) is 0 Å². The minimum atomic E-state index is -1.22. The van der Waals surface area contributed by atoms with Crippen LogP contribution in [0.25, 0.3) is 0 Å². The number of nitrogens with two attached hydrogens (primary N) is 1. The zero-order valence-corrected chi connectivity index (χ0v) is 15.8. The standard InChI is InChI=1S/C15H22BrN3O5/c1-8(19-10-6-9(16)7-18-12(10)17)11(13(20)22-5)23-14(21)24-15(2,3)4/h6-8,11,19H,1-5H3,(H2,17,18)/t8-,11+/m1/s1. The Kier molecular flexibility index (Phi) is 6.82. The van der Waals surface area contributed by atoms with Gasteiger partial charge in [-0.3, -0.25) is 0 Å². The van der Waals surface area contributed by atoms with E-state index in [1.807, 2.05) is 0 Å². The molecule has 1 rings (SSSR count). The van der Waals surface area contributed by atoms with E-state index in [4.69, 9.17) is 15.2 Å². The van der Waals surface area contributed by atoms with Crippen molar-refractivity contribution in [2.24, 2.45) is 0 Å². The third-order valence-electron chi connectivity index (χ3n) is 2.77. The second kappa shape index (κ2) is 8.18. The first-order valence-electron chi connectivity index (χ1n) is 7.18. The van der Waals surface area contributed by atoms with Crippen molar-refractivity contribution in [1.82, 2.24) is 4.98 Å². The molecular formula is C15H22BrN3O5. The van der Waals surface area contributed by atoms with Crippen LogP contribution in [-0.2, 0) is 19.0 Å². The van der Waals surface area contributed by atoms with Crippen LogP contribution in [0.1, 0.15) is 27.7 Å². The summed E-state index contributed by atoms with van der Waals surface area (Å²) in [5.41, 5.74) is 5.53. The zero-order chi connectivity index (χ0) is 18.5. The largest absolute Gasteiger partial charge is 0.509 e. The summed E-state index contributed by atoms with van der Waals surface area (Å²) in [5.74, 6) is -0.478. The summed E-state index contributed by atoms with van der Waals surface area (Å²) >= 11 is 3.28. The molecule has 134 valence electrons. The van der Waals surface area contributed by atoms with Gasteiger partial charge in [0.15, 0.2) is 0 Å². The molecule has 1 aromatic rings. The van der Waals surface area contributed by atoms with Gasteiger partial charge in [0.1, 0.15) is 11.4 Å². The molecule has 0 saturated carbocycles. The highest BCUT2D eigenvalue weighted by molar-refractivity contribution is 9.10. The molecule has 0 bridgehead atoms. The van der Waals surface area contributed by atoms with Gasteiger partial charge in [-0.2, -0.15) is 0 Å². The highest BCUT2D eigenvalue weighted by Crippen LogP contribution is 2.22. The van der Waals surface area contributed by atoms with Crippen molar-refractivity contribution < 1.29 is 23.8 Å². The number of halogens is 1. The lowest BCUT2D eigenvalue weighted by Crippen LogP contribution is -2.43. The van der Waals surface area contributed by atoms with Crippen molar-refractivity contribution in [1.29, 1.82) is 0 Å². The Morgan fingerprint density at radius 3 is 2.54 bits per heavy atom. The molecule has 0 spiro atoms. The van der Waals surface area contributed by atoms with Crippen LogP contribution < -0.4 is 11.1 Å². The highest BCUT2D eigenvalue weighted by atomic mass is 79.9. The minimum absolute atomic E-state index is 0.242. The van der Waals surface area contributed by atoms with Crippen molar-refractivity contribution in [2.45, 2.75) is 45.4 Å². The van der Waals surface area contributed by atoms with Gasteiger partial charge in [0, 0.05) is 10.7 Å². The molecule has 0 saturated heterocycles. The number of anilines is 2. The Morgan fingerprint density at radius 1 is 1.38 bits per heavy atom. The molecule has 1 heterocycles. The van der Waals surface area contributed by atoms with Crippen molar-refractivity contribution >= 4 is 39.6 Å². The van der Waals surface area contributed by atoms with Gasteiger partial charge in [-0.05, 0) is 49.7 Å². The molecule has 2 atom stereocenters. The average molecular weight is 404 g/mol. The molecule has 8 nitrogen and oxygen atoms in total. The molecule has 3 N–H and O–H groups in total. The molecular weight excluding hydrogens is 382 g/mol. The number of rotatable bonds is 5. The summed E-state index contributed by atoms with van der Waals surface area (Å²) in [7, 11) is 1.20. The Hall–Kier alpha value is -2.03. The number of nitrogens with zero attached hydrogens (tertiary/aromatic N) is 1. The van der Waals surface area contributed by atoms with Crippen molar-refractivity contribution in [3.63, 3.8) is 0 Å². The monoisotopic (exact) mass is 403 g/mol. The normalized spacial score (nSPS) is 13.6. The van der Waals surface area contributed by atoms with Crippen LogP contribution in [0, 0.1) is 0 Å². The van der Waals surface area contributed by atoms with Crippen LogP contribution in [0.2, 0.25) is 0 Å². The van der Waals surface area contributed by atoms with Crippen LogP contribution in [0.5, 0.6) is 0 Å². The molecule has 24 heavy (non-hydrogen) atoms. The van der Waals surface area contributed by atoms with Crippen LogP contribution in [0.4, 0.5) is 16.3 Å². The summed E-state index contributed by atoms with van der Waals surface area (Å²) in [6.45, 7) is 6.72. The number of nitrogens with one attached hydrogen (secondary N) is 1. The predicted octanol–water partition coefficient (Wildman–Crippen LogP) is 2.72. The summed E-state index contributed by atoms with van der Waals surface area (Å²) in [5, 5.41) is 2.98. The molecule has 0 fully saturated rings. The first-order valence-corrected chi connectivity index (χ1v) is 7.98. The van der Waals surface area contributed by atoms with Gasteiger partial charge >= 0.3 is 12.1 Å². The molecule has 0 aliphatic rings. The third kappa shape index (κ3) is 6.23. The number of nitrogen functional groups attached to an aromatic ring is 1. The Balaban J connectivity index is 2.89. The lowest BCUT2D eigenvalue weighted by atomic mass is 10.1. The minimum Gasteiger partial charge on any atom is -0.466 e. The number of aromatic nitrogens is 1. The molecule has 9 heteroatoms. The highest BCUT2D eigenvalue weighted by Gasteiger charge is 2.32. The number of carbonyl (C=O) groups excluding carboxylic acids is 2. The van der Waals surface area contributed by atoms with Crippen LogP contribution in [0.15, 0.2) is 16.7 Å². The molecule has 0 unspecified atom stereocenters. The van der Waals surface area contributed by atoms with Crippen LogP contribution >= 0.6 is 15.9 Å². The van der Waals surface area contributed by atoms with Gasteiger partial charge in [0.2, 0.25) is 6.10 Å². The van der Waals surface area contributed by atoms with Gasteiger partial charge in [0.05, 0.1) is 18.8 Å². The number of ether oxygens (including phenoxy) is 3. The average Bonchev–Trinajstić information content (AvgIpc) is 2.45. The molecule has 0 aliphatic carbocycles. The fraction of sp³-hybridized carbons (Fsp3) is 0.533. The summed E-state index contributed by atoms with van der Waals surface area (Å²) in [6, 6.07) is 1.06. The topological polar surface area (TPSA) is 113 Å². The molecule has 0 amide bonds.